The number of rotatable bonds is 7. The van der Waals surface area contributed by atoms with Gasteiger partial charge in [0.2, 0.25) is 5.91 Å². The van der Waals surface area contributed by atoms with Crippen LogP contribution in [0.4, 0.5) is 5.69 Å². The van der Waals surface area contributed by atoms with Gasteiger partial charge < -0.3 is 15.4 Å². The molecule has 0 heterocycles. The molecule has 1 atom stereocenters. The molecule has 0 aliphatic carbocycles. The van der Waals surface area contributed by atoms with Gasteiger partial charge in [-0.05, 0) is 42.0 Å². The zero-order chi connectivity index (χ0) is 21.3. The summed E-state index contributed by atoms with van der Waals surface area (Å²) in [6.45, 7) is 0. The lowest BCUT2D eigenvalue weighted by Gasteiger charge is -2.19. The number of carbonyl (C=O) groups is 3. The molecule has 6 heteroatoms. The quantitative estimate of drug-likeness (QED) is 0.586. The average molecular weight is 402 g/mol. The van der Waals surface area contributed by atoms with Gasteiger partial charge in [-0.25, -0.2) is 4.79 Å². The minimum Gasteiger partial charge on any atom is -0.465 e. The van der Waals surface area contributed by atoms with E-state index in [0.717, 1.165) is 5.56 Å². The third-order valence-corrected chi connectivity index (χ3v) is 4.52. The van der Waals surface area contributed by atoms with Crippen LogP contribution in [-0.4, -0.2) is 24.9 Å². The maximum absolute atomic E-state index is 12.6. The van der Waals surface area contributed by atoms with Gasteiger partial charge in [-0.1, -0.05) is 48.5 Å². The van der Waals surface area contributed by atoms with Crippen LogP contribution in [0.1, 0.15) is 38.7 Å². The van der Waals surface area contributed by atoms with Crippen molar-refractivity contribution in [2.24, 2.45) is 0 Å². The van der Waals surface area contributed by atoms with Crippen LogP contribution in [0.5, 0.6) is 0 Å². The van der Waals surface area contributed by atoms with Crippen molar-refractivity contribution >= 4 is 23.5 Å². The van der Waals surface area contributed by atoms with E-state index < -0.39 is 12.0 Å². The Labute approximate surface area is 174 Å². The summed E-state index contributed by atoms with van der Waals surface area (Å²) in [6.07, 6.45) is 0.0569. The molecule has 0 radical (unpaired) electrons. The lowest BCUT2D eigenvalue weighted by Crippen LogP contribution is -2.31. The summed E-state index contributed by atoms with van der Waals surface area (Å²) in [5, 5.41) is 5.73. The lowest BCUT2D eigenvalue weighted by molar-refractivity contribution is -0.116. The minimum absolute atomic E-state index is 0.0569. The Morgan fingerprint density at radius 1 is 0.800 bits per heavy atom. The maximum Gasteiger partial charge on any atom is 0.337 e. The van der Waals surface area contributed by atoms with Gasteiger partial charge in [0.05, 0.1) is 25.1 Å². The van der Waals surface area contributed by atoms with Gasteiger partial charge >= 0.3 is 5.97 Å². The zero-order valence-electron chi connectivity index (χ0n) is 16.5. The van der Waals surface area contributed by atoms with E-state index in [2.05, 4.69) is 15.4 Å². The van der Waals surface area contributed by atoms with Gasteiger partial charge in [0.25, 0.3) is 5.91 Å². The number of benzene rings is 3. The molecule has 0 spiro atoms. The standard InChI is InChI=1S/C24H22N2O4/c1-30-24(29)19-12-14-20(15-13-19)25-22(27)16-21(17-8-4-2-5-9-17)26-23(28)18-10-6-3-7-11-18/h2-15,21H,16H2,1H3,(H,25,27)(H,26,28). The molecular formula is C24H22N2O4. The first kappa shape index (κ1) is 20.8. The van der Waals surface area contributed by atoms with Gasteiger partial charge in [0.15, 0.2) is 0 Å². The molecule has 3 rings (SSSR count). The molecule has 0 aliphatic rings. The molecule has 0 saturated heterocycles. The Hall–Kier alpha value is -3.93. The Morgan fingerprint density at radius 3 is 2.00 bits per heavy atom. The van der Waals surface area contributed by atoms with Gasteiger partial charge in [-0.2, -0.15) is 0 Å². The number of methoxy groups -OCH3 is 1. The van der Waals surface area contributed by atoms with Crippen molar-refractivity contribution in [2.45, 2.75) is 12.5 Å². The first-order valence-corrected chi connectivity index (χ1v) is 9.46. The van der Waals surface area contributed by atoms with E-state index in [4.69, 9.17) is 0 Å². The lowest BCUT2D eigenvalue weighted by atomic mass is 10.0. The van der Waals surface area contributed by atoms with E-state index in [1.807, 2.05) is 36.4 Å². The van der Waals surface area contributed by atoms with E-state index >= 15 is 0 Å². The number of carbonyl (C=O) groups excluding carboxylic acids is 3. The Balaban J connectivity index is 1.70. The Kier molecular flexibility index (Phi) is 6.95. The Bertz CT molecular complexity index is 1000. The second kappa shape index (κ2) is 10.0. The number of anilines is 1. The molecule has 0 saturated carbocycles. The topological polar surface area (TPSA) is 84.5 Å². The van der Waals surface area contributed by atoms with E-state index in [1.165, 1.54) is 7.11 Å². The van der Waals surface area contributed by atoms with Crippen molar-refractivity contribution in [2.75, 3.05) is 12.4 Å². The van der Waals surface area contributed by atoms with Crippen molar-refractivity contribution in [3.8, 4) is 0 Å². The molecule has 3 aromatic carbocycles. The fourth-order valence-electron chi connectivity index (χ4n) is 2.97. The number of hydrogen-bond donors (Lipinski definition) is 2. The van der Waals surface area contributed by atoms with Gasteiger partial charge in [-0.15, -0.1) is 0 Å². The number of amides is 2. The van der Waals surface area contributed by atoms with Gasteiger partial charge in [-0.3, -0.25) is 9.59 Å². The first-order chi connectivity index (χ1) is 14.6. The van der Waals surface area contributed by atoms with E-state index in [1.54, 1.807) is 48.5 Å². The predicted octanol–water partition coefficient (Wildman–Crippen LogP) is 3.97. The highest BCUT2D eigenvalue weighted by atomic mass is 16.5. The average Bonchev–Trinajstić information content (AvgIpc) is 2.79. The van der Waals surface area contributed by atoms with Crippen LogP contribution in [0, 0.1) is 0 Å². The molecule has 6 nitrogen and oxygen atoms in total. The van der Waals surface area contributed by atoms with Crippen molar-refractivity contribution in [1.29, 1.82) is 0 Å². The third kappa shape index (κ3) is 5.54. The van der Waals surface area contributed by atoms with Crippen molar-refractivity contribution in [3.05, 3.63) is 102 Å². The summed E-state index contributed by atoms with van der Waals surface area (Å²) in [4.78, 5) is 36.8. The number of ether oxygens (including phenoxy) is 1. The molecule has 3 aromatic rings. The normalized spacial score (nSPS) is 11.2. The largest absolute Gasteiger partial charge is 0.465 e. The predicted molar refractivity (Wildman–Crippen MR) is 114 cm³/mol. The second-order valence-electron chi connectivity index (χ2n) is 6.62. The molecule has 0 fully saturated rings. The van der Waals surface area contributed by atoms with Crippen molar-refractivity contribution in [1.82, 2.24) is 5.32 Å². The molecular weight excluding hydrogens is 380 g/mol. The summed E-state index contributed by atoms with van der Waals surface area (Å²) < 4.78 is 4.67. The monoisotopic (exact) mass is 402 g/mol. The number of hydrogen-bond acceptors (Lipinski definition) is 4. The van der Waals surface area contributed by atoms with Crippen LogP contribution in [0.3, 0.4) is 0 Å². The zero-order valence-corrected chi connectivity index (χ0v) is 16.5. The molecule has 2 amide bonds. The van der Waals surface area contributed by atoms with Crippen LogP contribution >= 0.6 is 0 Å². The molecule has 30 heavy (non-hydrogen) atoms. The summed E-state index contributed by atoms with van der Waals surface area (Å²) >= 11 is 0. The number of nitrogens with one attached hydrogen (secondary N) is 2. The van der Waals surface area contributed by atoms with Crippen LogP contribution in [0.15, 0.2) is 84.9 Å². The smallest absolute Gasteiger partial charge is 0.337 e. The van der Waals surface area contributed by atoms with E-state index in [0.29, 0.717) is 16.8 Å². The fraction of sp³-hybridized carbons (Fsp3) is 0.125. The van der Waals surface area contributed by atoms with Crippen LogP contribution in [0.2, 0.25) is 0 Å². The maximum atomic E-state index is 12.6. The summed E-state index contributed by atoms with van der Waals surface area (Å²) in [6, 6.07) is 24.1. The van der Waals surface area contributed by atoms with Crippen LogP contribution < -0.4 is 10.6 Å². The Morgan fingerprint density at radius 2 is 1.40 bits per heavy atom. The van der Waals surface area contributed by atoms with Crippen LogP contribution in [0.25, 0.3) is 0 Å². The van der Waals surface area contributed by atoms with Crippen LogP contribution in [-0.2, 0) is 9.53 Å². The minimum atomic E-state index is -0.492. The fourth-order valence-corrected chi connectivity index (χ4v) is 2.97. The van der Waals surface area contributed by atoms with E-state index in [-0.39, 0.29) is 18.2 Å². The first-order valence-electron chi connectivity index (χ1n) is 9.46. The SMILES string of the molecule is COC(=O)c1ccc(NC(=O)CC(NC(=O)c2ccccc2)c2ccccc2)cc1. The third-order valence-electron chi connectivity index (χ3n) is 4.52. The molecule has 0 aromatic heterocycles. The highest BCUT2D eigenvalue weighted by Gasteiger charge is 2.19. The van der Waals surface area contributed by atoms with Gasteiger partial charge in [0.1, 0.15) is 0 Å². The van der Waals surface area contributed by atoms with Gasteiger partial charge in [0, 0.05) is 11.3 Å². The summed E-state index contributed by atoms with van der Waals surface area (Å²) in [7, 11) is 1.31. The molecule has 1 unspecified atom stereocenters. The molecule has 2 N–H and O–H groups in total. The van der Waals surface area contributed by atoms with Crippen molar-refractivity contribution < 1.29 is 19.1 Å². The second-order valence-corrected chi connectivity index (χ2v) is 6.62. The highest BCUT2D eigenvalue weighted by Crippen LogP contribution is 2.19. The molecule has 152 valence electrons. The highest BCUT2D eigenvalue weighted by molar-refractivity contribution is 5.96. The van der Waals surface area contributed by atoms with Crippen molar-refractivity contribution in [3.63, 3.8) is 0 Å². The van der Waals surface area contributed by atoms with E-state index in [9.17, 15) is 14.4 Å². The molecule has 0 aliphatic heterocycles. The summed E-state index contributed by atoms with van der Waals surface area (Å²) in [5.74, 6) is -0.955. The number of esters is 1. The molecule has 0 bridgehead atoms. The summed E-state index contributed by atoms with van der Waals surface area (Å²) in [5.41, 5.74) is 2.30.